The third kappa shape index (κ3) is 6.18. The second-order valence-electron chi connectivity index (χ2n) is 9.94. The third-order valence-electron chi connectivity index (χ3n) is 7.23. The Balaban J connectivity index is 1.39. The molecule has 1 saturated carbocycles. The topological polar surface area (TPSA) is 50.8 Å². The Morgan fingerprint density at radius 3 is 2.42 bits per heavy atom. The highest BCUT2D eigenvalue weighted by molar-refractivity contribution is 8.05. The predicted octanol–water partition coefficient (Wildman–Crippen LogP) is 7.56. The normalized spacial score (nSPS) is 22.5. The van der Waals surface area contributed by atoms with E-state index in [1.165, 1.54) is 19.3 Å². The molecule has 1 amide bonds. The predicted molar refractivity (Wildman–Crippen MR) is 156 cm³/mol. The van der Waals surface area contributed by atoms with Crippen molar-refractivity contribution in [2.75, 3.05) is 11.9 Å². The summed E-state index contributed by atoms with van der Waals surface area (Å²) < 4.78 is 12.0. The lowest BCUT2D eigenvalue weighted by Gasteiger charge is -2.39. The van der Waals surface area contributed by atoms with Crippen molar-refractivity contribution in [2.24, 2.45) is 5.92 Å². The van der Waals surface area contributed by atoms with Crippen LogP contribution in [-0.2, 0) is 11.4 Å². The molecular weight excluding hydrogens is 492 g/mol. The van der Waals surface area contributed by atoms with Crippen LogP contribution in [0.3, 0.4) is 0 Å². The Labute approximate surface area is 230 Å². The number of carbonyl (C=O) groups is 1. The molecule has 198 valence electrons. The van der Waals surface area contributed by atoms with Gasteiger partial charge in [0.15, 0.2) is 17.0 Å². The molecular formula is C32H36N2O3S. The highest BCUT2D eigenvalue weighted by Crippen LogP contribution is 2.42. The number of benzene rings is 3. The Morgan fingerprint density at radius 1 is 0.947 bits per heavy atom. The van der Waals surface area contributed by atoms with Crippen LogP contribution in [0.25, 0.3) is 6.08 Å². The SMILES string of the molecule is CCOc1cc(/C=C2\SC(Nc3ccccc3)N([C@H]3CCCC[C@H]3C)C2=O)ccc1OCc1ccccc1. The fraction of sp³-hybridized carbons (Fsp3) is 0.344. The van der Waals surface area contributed by atoms with Crippen molar-refractivity contribution in [1.29, 1.82) is 0 Å². The van der Waals surface area contributed by atoms with Gasteiger partial charge in [-0.25, -0.2) is 0 Å². The van der Waals surface area contributed by atoms with Crippen LogP contribution in [0.1, 0.15) is 50.7 Å². The summed E-state index contributed by atoms with van der Waals surface area (Å²) >= 11 is 1.60. The van der Waals surface area contributed by atoms with Crippen molar-refractivity contribution in [2.45, 2.75) is 57.7 Å². The van der Waals surface area contributed by atoms with Gasteiger partial charge < -0.3 is 19.7 Å². The summed E-state index contributed by atoms with van der Waals surface area (Å²) in [6, 6.07) is 26.4. The van der Waals surface area contributed by atoms with Gasteiger partial charge in [-0.05, 0) is 67.2 Å². The number of anilines is 1. The summed E-state index contributed by atoms with van der Waals surface area (Å²) in [7, 11) is 0. The maximum Gasteiger partial charge on any atom is 0.262 e. The molecule has 3 aromatic rings. The summed E-state index contributed by atoms with van der Waals surface area (Å²) in [6.07, 6.45) is 6.62. The van der Waals surface area contributed by atoms with Gasteiger partial charge in [0.25, 0.3) is 5.91 Å². The van der Waals surface area contributed by atoms with Crippen molar-refractivity contribution in [3.63, 3.8) is 0 Å². The summed E-state index contributed by atoms with van der Waals surface area (Å²) in [4.78, 5) is 16.7. The number of thioether (sulfide) groups is 1. The maximum atomic E-state index is 13.8. The van der Waals surface area contributed by atoms with Crippen LogP contribution in [0.15, 0.2) is 83.8 Å². The van der Waals surface area contributed by atoms with Crippen LogP contribution in [0, 0.1) is 5.92 Å². The van der Waals surface area contributed by atoms with Crippen molar-refractivity contribution in [3.05, 3.63) is 94.9 Å². The standard InChI is InChI=1S/C32H36N2O3S/c1-3-36-29-20-25(18-19-28(29)37-22-24-13-6-4-7-14-24)21-30-31(35)34(27-17-11-10-12-23(27)2)32(38-30)33-26-15-8-5-9-16-26/h4-9,13-16,18-21,23,27,32-33H,3,10-12,17,22H2,1-2H3/b30-21-/t23-,27+,32?/m1/s1. The summed E-state index contributed by atoms with van der Waals surface area (Å²) in [6.45, 7) is 5.25. The van der Waals surface area contributed by atoms with Crippen molar-refractivity contribution in [1.82, 2.24) is 4.90 Å². The van der Waals surface area contributed by atoms with E-state index in [0.29, 0.717) is 30.6 Å². The van der Waals surface area contributed by atoms with E-state index in [1.54, 1.807) is 11.8 Å². The van der Waals surface area contributed by atoms with Gasteiger partial charge >= 0.3 is 0 Å². The molecule has 1 aliphatic heterocycles. The Bertz CT molecular complexity index is 1250. The molecule has 0 spiro atoms. The minimum Gasteiger partial charge on any atom is -0.490 e. The van der Waals surface area contributed by atoms with E-state index in [0.717, 1.165) is 28.1 Å². The number of nitrogens with zero attached hydrogens (tertiary/aromatic N) is 1. The molecule has 6 heteroatoms. The Kier molecular flexibility index (Phi) is 8.59. The lowest BCUT2D eigenvalue weighted by molar-refractivity contribution is -0.129. The molecule has 0 radical (unpaired) electrons. The highest BCUT2D eigenvalue weighted by Gasteiger charge is 2.42. The Morgan fingerprint density at radius 2 is 1.68 bits per heavy atom. The number of ether oxygens (including phenoxy) is 2. The van der Waals surface area contributed by atoms with E-state index < -0.39 is 0 Å². The highest BCUT2D eigenvalue weighted by atomic mass is 32.2. The molecule has 3 aromatic carbocycles. The number of hydrogen-bond donors (Lipinski definition) is 1. The number of nitrogens with one attached hydrogen (secondary N) is 1. The molecule has 1 aliphatic carbocycles. The van der Waals surface area contributed by atoms with Crippen molar-refractivity contribution < 1.29 is 14.3 Å². The average molecular weight is 529 g/mol. The molecule has 1 N–H and O–H groups in total. The van der Waals surface area contributed by atoms with Gasteiger partial charge in [-0.2, -0.15) is 0 Å². The largest absolute Gasteiger partial charge is 0.490 e. The molecule has 0 bridgehead atoms. The van der Waals surface area contributed by atoms with E-state index in [4.69, 9.17) is 9.47 Å². The van der Waals surface area contributed by atoms with Gasteiger partial charge in [0, 0.05) is 11.7 Å². The van der Waals surface area contributed by atoms with Crippen LogP contribution in [0.5, 0.6) is 11.5 Å². The molecule has 5 rings (SSSR count). The zero-order chi connectivity index (χ0) is 26.3. The van der Waals surface area contributed by atoms with Crippen LogP contribution in [0.2, 0.25) is 0 Å². The van der Waals surface area contributed by atoms with Crippen molar-refractivity contribution >= 4 is 29.4 Å². The fourth-order valence-electron chi connectivity index (χ4n) is 5.26. The van der Waals surface area contributed by atoms with Gasteiger partial charge in [-0.3, -0.25) is 4.79 Å². The van der Waals surface area contributed by atoms with E-state index >= 15 is 0 Å². The lowest BCUT2D eigenvalue weighted by atomic mass is 9.85. The number of carbonyl (C=O) groups excluding carboxylic acids is 1. The molecule has 2 fully saturated rings. The number of rotatable bonds is 9. The second-order valence-corrected chi connectivity index (χ2v) is 11.1. The average Bonchev–Trinajstić information content (AvgIpc) is 3.23. The second kappa shape index (κ2) is 12.4. The minimum atomic E-state index is -0.137. The zero-order valence-electron chi connectivity index (χ0n) is 22.1. The first-order valence-corrected chi connectivity index (χ1v) is 14.5. The van der Waals surface area contributed by atoms with Gasteiger partial charge in [0.1, 0.15) is 6.61 Å². The quantitative estimate of drug-likeness (QED) is 0.291. The summed E-state index contributed by atoms with van der Waals surface area (Å²) in [5.41, 5.74) is 2.91. The summed E-state index contributed by atoms with van der Waals surface area (Å²) in [5, 5.41) is 3.61. The number of amides is 1. The number of hydrogen-bond acceptors (Lipinski definition) is 5. The van der Waals surface area contributed by atoms with E-state index in [1.807, 2.05) is 79.7 Å². The Hall–Kier alpha value is -3.38. The molecule has 38 heavy (non-hydrogen) atoms. The van der Waals surface area contributed by atoms with Crippen LogP contribution < -0.4 is 14.8 Å². The molecule has 1 heterocycles. The first-order valence-electron chi connectivity index (χ1n) is 13.6. The molecule has 2 aliphatic rings. The van der Waals surface area contributed by atoms with E-state index in [2.05, 4.69) is 29.3 Å². The number of para-hydroxylation sites is 1. The first-order chi connectivity index (χ1) is 18.6. The third-order valence-corrected chi connectivity index (χ3v) is 8.34. The summed E-state index contributed by atoms with van der Waals surface area (Å²) in [5.74, 6) is 1.97. The van der Waals surface area contributed by atoms with Crippen LogP contribution in [-0.4, -0.2) is 29.0 Å². The van der Waals surface area contributed by atoms with E-state index in [9.17, 15) is 4.79 Å². The van der Waals surface area contributed by atoms with Gasteiger partial charge in [0.2, 0.25) is 0 Å². The van der Waals surface area contributed by atoms with Crippen molar-refractivity contribution in [3.8, 4) is 11.5 Å². The van der Waals surface area contributed by atoms with Crippen LogP contribution >= 0.6 is 11.8 Å². The van der Waals surface area contributed by atoms with Gasteiger partial charge in [-0.15, -0.1) is 0 Å². The van der Waals surface area contributed by atoms with E-state index in [-0.39, 0.29) is 17.4 Å². The monoisotopic (exact) mass is 528 g/mol. The maximum absolute atomic E-state index is 13.8. The molecule has 0 aromatic heterocycles. The fourth-order valence-corrected chi connectivity index (χ4v) is 6.47. The molecule has 1 unspecified atom stereocenters. The minimum absolute atomic E-state index is 0.101. The lowest BCUT2D eigenvalue weighted by Crippen LogP contribution is -2.48. The molecule has 5 nitrogen and oxygen atoms in total. The zero-order valence-corrected chi connectivity index (χ0v) is 23.0. The first kappa shape index (κ1) is 26.2. The van der Waals surface area contributed by atoms with Crippen LogP contribution in [0.4, 0.5) is 5.69 Å². The molecule has 3 atom stereocenters. The molecule has 1 saturated heterocycles. The van der Waals surface area contributed by atoms with Gasteiger partial charge in [0.05, 0.1) is 11.5 Å². The smallest absolute Gasteiger partial charge is 0.262 e. The van der Waals surface area contributed by atoms with Gasteiger partial charge in [-0.1, -0.05) is 86.1 Å².